The number of hydrogen-bond donors (Lipinski definition) is 2. The number of ether oxygens (including phenoxy) is 1. The zero-order valence-corrected chi connectivity index (χ0v) is 19.5. The molecule has 0 spiro atoms. The van der Waals surface area contributed by atoms with Gasteiger partial charge in [-0.1, -0.05) is 42.5 Å². The molecular weight excluding hydrogens is 463 g/mol. The lowest BCUT2D eigenvalue weighted by Gasteiger charge is -2.14. The number of benzene rings is 2. The van der Waals surface area contributed by atoms with E-state index in [1.807, 2.05) is 30.3 Å². The fourth-order valence-electron chi connectivity index (χ4n) is 2.70. The maximum atomic E-state index is 5.72. The molecule has 154 valence electrons. The fraction of sp³-hybridized carbons (Fsp3) is 0.409. The summed E-state index contributed by atoms with van der Waals surface area (Å²) < 4.78 is 5.72. The summed E-state index contributed by atoms with van der Waals surface area (Å²) in [4.78, 5) is 6.92. The molecule has 0 aromatic heterocycles. The molecule has 0 radical (unpaired) electrons. The molecular formula is C22H33IN4O. The second-order valence-electron chi connectivity index (χ2n) is 6.64. The standard InChI is InChI=1S/C22H32N4O.HI/c1-4-23-22(24-15-10-16-27-21-13-6-5-7-14-21)25-17-19-11-8-9-12-20(19)18-26(2)3;/h5-9,11-14H,4,10,15-18H2,1-3H3,(H2,23,24,25);1H. The Morgan fingerprint density at radius 1 is 0.964 bits per heavy atom. The number of guanidine groups is 1. The van der Waals surface area contributed by atoms with Crippen molar-refractivity contribution in [2.24, 2.45) is 4.99 Å². The van der Waals surface area contributed by atoms with Gasteiger partial charge in [-0.3, -0.25) is 0 Å². The van der Waals surface area contributed by atoms with E-state index in [0.29, 0.717) is 13.2 Å². The van der Waals surface area contributed by atoms with Crippen molar-refractivity contribution in [2.75, 3.05) is 33.8 Å². The number of aliphatic imine (C=N–C) groups is 1. The molecule has 2 aromatic rings. The van der Waals surface area contributed by atoms with Gasteiger partial charge >= 0.3 is 0 Å². The third-order valence-electron chi connectivity index (χ3n) is 3.98. The van der Waals surface area contributed by atoms with E-state index in [4.69, 9.17) is 9.73 Å². The summed E-state index contributed by atoms with van der Waals surface area (Å²) in [6, 6.07) is 18.4. The van der Waals surface area contributed by atoms with Crippen molar-refractivity contribution in [2.45, 2.75) is 26.4 Å². The summed E-state index contributed by atoms with van der Waals surface area (Å²) >= 11 is 0. The number of halogens is 1. The summed E-state index contributed by atoms with van der Waals surface area (Å²) in [5.41, 5.74) is 2.58. The van der Waals surface area contributed by atoms with Crippen LogP contribution < -0.4 is 15.4 Å². The predicted molar refractivity (Wildman–Crippen MR) is 129 cm³/mol. The van der Waals surface area contributed by atoms with Gasteiger partial charge in [0.15, 0.2) is 5.96 Å². The fourth-order valence-corrected chi connectivity index (χ4v) is 2.70. The third-order valence-corrected chi connectivity index (χ3v) is 3.98. The molecule has 5 nitrogen and oxygen atoms in total. The van der Waals surface area contributed by atoms with Crippen LogP contribution >= 0.6 is 24.0 Å². The van der Waals surface area contributed by atoms with Gasteiger partial charge in [0.05, 0.1) is 13.2 Å². The van der Waals surface area contributed by atoms with E-state index in [-0.39, 0.29) is 24.0 Å². The van der Waals surface area contributed by atoms with E-state index < -0.39 is 0 Å². The van der Waals surface area contributed by atoms with E-state index in [1.165, 1.54) is 11.1 Å². The summed E-state index contributed by atoms with van der Waals surface area (Å²) in [6.07, 6.45) is 0.913. The topological polar surface area (TPSA) is 48.9 Å². The second-order valence-corrected chi connectivity index (χ2v) is 6.64. The summed E-state index contributed by atoms with van der Waals surface area (Å²) in [5.74, 6) is 1.76. The molecule has 0 saturated heterocycles. The molecule has 0 heterocycles. The van der Waals surface area contributed by atoms with Crippen molar-refractivity contribution in [3.05, 3.63) is 65.7 Å². The number of para-hydroxylation sites is 1. The van der Waals surface area contributed by atoms with Crippen molar-refractivity contribution < 1.29 is 4.74 Å². The average Bonchev–Trinajstić information content (AvgIpc) is 2.67. The molecule has 2 rings (SSSR count). The molecule has 2 N–H and O–H groups in total. The van der Waals surface area contributed by atoms with Crippen LogP contribution in [0.15, 0.2) is 59.6 Å². The maximum absolute atomic E-state index is 5.72. The van der Waals surface area contributed by atoms with Crippen LogP contribution in [-0.4, -0.2) is 44.7 Å². The number of rotatable bonds is 10. The van der Waals surface area contributed by atoms with Crippen LogP contribution in [0, 0.1) is 0 Å². The first kappa shape index (κ1) is 24.2. The van der Waals surface area contributed by atoms with Crippen molar-refractivity contribution in [1.82, 2.24) is 15.5 Å². The van der Waals surface area contributed by atoms with Gasteiger partial charge in [-0.05, 0) is 50.7 Å². The number of nitrogens with zero attached hydrogens (tertiary/aromatic N) is 2. The zero-order chi connectivity index (χ0) is 19.3. The molecule has 0 aliphatic heterocycles. The van der Waals surface area contributed by atoms with Gasteiger partial charge in [-0.15, -0.1) is 24.0 Å². The van der Waals surface area contributed by atoms with Crippen molar-refractivity contribution in [1.29, 1.82) is 0 Å². The lowest BCUT2D eigenvalue weighted by Crippen LogP contribution is -2.38. The van der Waals surface area contributed by atoms with E-state index >= 15 is 0 Å². The Morgan fingerprint density at radius 3 is 2.32 bits per heavy atom. The number of nitrogens with one attached hydrogen (secondary N) is 2. The Balaban J connectivity index is 0.00000392. The second kappa shape index (κ2) is 14.2. The van der Waals surface area contributed by atoms with Crippen LogP contribution in [0.1, 0.15) is 24.5 Å². The summed E-state index contributed by atoms with van der Waals surface area (Å²) in [7, 11) is 4.17. The molecule has 6 heteroatoms. The van der Waals surface area contributed by atoms with Crippen LogP contribution in [0.4, 0.5) is 0 Å². The largest absolute Gasteiger partial charge is 0.494 e. The van der Waals surface area contributed by atoms with E-state index in [2.05, 4.69) is 60.8 Å². The highest BCUT2D eigenvalue weighted by molar-refractivity contribution is 14.0. The first-order valence-electron chi connectivity index (χ1n) is 9.60. The molecule has 0 aliphatic rings. The zero-order valence-electron chi connectivity index (χ0n) is 17.1. The van der Waals surface area contributed by atoms with Gasteiger partial charge in [0.25, 0.3) is 0 Å². The van der Waals surface area contributed by atoms with Gasteiger partial charge in [0, 0.05) is 19.6 Å². The molecule has 0 saturated carbocycles. The highest BCUT2D eigenvalue weighted by Crippen LogP contribution is 2.12. The first-order chi connectivity index (χ1) is 13.2. The van der Waals surface area contributed by atoms with Crippen molar-refractivity contribution in [3.63, 3.8) is 0 Å². The van der Waals surface area contributed by atoms with Crippen LogP contribution in [0.3, 0.4) is 0 Å². The lowest BCUT2D eigenvalue weighted by molar-refractivity contribution is 0.311. The molecule has 0 aliphatic carbocycles. The SMILES string of the molecule is CCNC(=NCc1ccccc1CN(C)C)NCCCOc1ccccc1.I. The van der Waals surface area contributed by atoms with Crippen LogP contribution in [0.5, 0.6) is 5.75 Å². The smallest absolute Gasteiger partial charge is 0.191 e. The van der Waals surface area contributed by atoms with Crippen LogP contribution in [-0.2, 0) is 13.1 Å². The molecule has 28 heavy (non-hydrogen) atoms. The predicted octanol–water partition coefficient (Wildman–Crippen LogP) is 3.89. The molecule has 0 fully saturated rings. The van der Waals surface area contributed by atoms with Crippen molar-refractivity contribution >= 4 is 29.9 Å². The van der Waals surface area contributed by atoms with Crippen LogP contribution in [0.2, 0.25) is 0 Å². The summed E-state index contributed by atoms with van der Waals surface area (Å²) in [5, 5.41) is 6.70. The number of hydrogen-bond acceptors (Lipinski definition) is 3. The lowest BCUT2D eigenvalue weighted by atomic mass is 10.1. The maximum Gasteiger partial charge on any atom is 0.191 e. The Morgan fingerprint density at radius 2 is 1.64 bits per heavy atom. The molecule has 2 aromatic carbocycles. The average molecular weight is 496 g/mol. The molecule has 0 amide bonds. The minimum absolute atomic E-state index is 0. The third kappa shape index (κ3) is 9.41. The molecule has 0 bridgehead atoms. The van der Waals surface area contributed by atoms with E-state index in [0.717, 1.165) is 37.8 Å². The van der Waals surface area contributed by atoms with E-state index in [1.54, 1.807) is 0 Å². The van der Waals surface area contributed by atoms with Gasteiger partial charge in [0.2, 0.25) is 0 Å². The van der Waals surface area contributed by atoms with Gasteiger partial charge in [-0.2, -0.15) is 0 Å². The van der Waals surface area contributed by atoms with Gasteiger partial charge < -0.3 is 20.3 Å². The van der Waals surface area contributed by atoms with Crippen molar-refractivity contribution in [3.8, 4) is 5.75 Å². The minimum atomic E-state index is 0. The highest BCUT2D eigenvalue weighted by Gasteiger charge is 2.03. The Bertz CT molecular complexity index is 692. The van der Waals surface area contributed by atoms with E-state index in [9.17, 15) is 0 Å². The minimum Gasteiger partial charge on any atom is -0.494 e. The summed E-state index contributed by atoms with van der Waals surface area (Å²) in [6.45, 7) is 6.01. The van der Waals surface area contributed by atoms with Gasteiger partial charge in [0.1, 0.15) is 5.75 Å². The monoisotopic (exact) mass is 496 g/mol. The van der Waals surface area contributed by atoms with Gasteiger partial charge in [-0.25, -0.2) is 4.99 Å². The molecule has 0 unspecified atom stereocenters. The Hall–Kier alpha value is -1.80. The Labute approximate surface area is 186 Å². The highest BCUT2D eigenvalue weighted by atomic mass is 127. The quantitative estimate of drug-likeness (QED) is 0.227. The van der Waals surface area contributed by atoms with Crippen LogP contribution in [0.25, 0.3) is 0 Å². The Kier molecular flexibility index (Phi) is 12.3. The molecule has 0 atom stereocenters. The first-order valence-corrected chi connectivity index (χ1v) is 9.60. The normalized spacial score (nSPS) is 11.1.